The second kappa shape index (κ2) is 5.81. The van der Waals surface area contributed by atoms with Gasteiger partial charge in [-0.05, 0) is 6.07 Å². The van der Waals surface area contributed by atoms with Gasteiger partial charge in [0.2, 0.25) is 0 Å². The summed E-state index contributed by atoms with van der Waals surface area (Å²) in [7, 11) is -4.60. The van der Waals surface area contributed by atoms with E-state index in [4.69, 9.17) is 19.6 Å². The van der Waals surface area contributed by atoms with Crippen LogP contribution in [0.25, 0.3) is 0 Å². The van der Waals surface area contributed by atoms with Gasteiger partial charge in [0.25, 0.3) is 0 Å². The number of rotatable bonds is 4. The van der Waals surface area contributed by atoms with E-state index in [1.807, 2.05) is 0 Å². The van der Waals surface area contributed by atoms with E-state index < -0.39 is 44.6 Å². The third-order valence-electron chi connectivity index (χ3n) is 2.88. The van der Waals surface area contributed by atoms with Crippen molar-refractivity contribution in [3.05, 3.63) is 22.7 Å². The summed E-state index contributed by atoms with van der Waals surface area (Å²) in [5.41, 5.74) is -0.955. The number of aliphatic hydroxyl groups is 3. The third kappa shape index (κ3) is 3.47. The lowest BCUT2D eigenvalue weighted by atomic mass is 10.1. The maximum atomic E-state index is 11.8. The monoisotopic (exact) mass is 323 g/mol. The molecule has 1 aromatic rings. The molecule has 0 aliphatic carbocycles. The summed E-state index contributed by atoms with van der Waals surface area (Å²) in [6.45, 7) is -0.547. The van der Waals surface area contributed by atoms with Gasteiger partial charge in [-0.2, -0.15) is 4.98 Å². The van der Waals surface area contributed by atoms with Crippen molar-refractivity contribution < 1.29 is 34.4 Å². The maximum absolute atomic E-state index is 11.8. The van der Waals surface area contributed by atoms with E-state index >= 15 is 0 Å². The van der Waals surface area contributed by atoms with Crippen molar-refractivity contribution in [3.8, 4) is 0 Å². The van der Waals surface area contributed by atoms with Gasteiger partial charge in [0, 0.05) is 6.20 Å². The van der Waals surface area contributed by atoms with Gasteiger partial charge in [0.15, 0.2) is 6.23 Å². The molecule has 1 fully saturated rings. The zero-order chi connectivity index (χ0) is 15.8. The number of aromatic nitrogens is 2. The van der Waals surface area contributed by atoms with E-state index in [0.717, 1.165) is 16.8 Å². The van der Waals surface area contributed by atoms with Gasteiger partial charge in [-0.1, -0.05) is 0 Å². The number of aliphatic hydroxyl groups excluding tert-OH is 3. The molecule has 0 bridgehead atoms. The Kier molecular flexibility index (Phi) is 4.44. The molecule has 118 valence electrons. The highest BCUT2D eigenvalue weighted by atomic mass is 31.2. The lowest BCUT2D eigenvalue weighted by Crippen LogP contribution is -2.36. The third-order valence-corrected chi connectivity index (χ3v) is 3.40. The Labute approximate surface area is 117 Å². The standard InChI is InChI=1S/C9H14N3O8P/c13-3-4-6(14)7(15)8(20-4)12-2-1-5(10-9(12)16)11-21(17,18)19/h1-2,4,6-8,13-15H,3H2,(H3,10,11,16,17,18,19)/t4-,6-,7-,8-/m1/s1. The van der Waals surface area contributed by atoms with Crippen LogP contribution in [0, 0.1) is 0 Å². The van der Waals surface area contributed by atoms with Gasteiger partial charge in [-0.3, -0.25) is 9.65 Å². The minimum absolute atomic E-state index is 0.351. The van der Waals surface area contributed by atoms with Crippen molar-refractivity contribution in [1.82, 2.24) is 9.55 Å². The summed E-state index contributed by atoms with van der Waals surface area (Å²) in [5, 5.41) is 30.1. The smallest absolute Gasteiger partial charge is 0.394 e. The Hall–Kier alpha value is -1.33. The van der Waals surface area contributed by atoms with Crippen LogP contribution in [0.15, 0.2) is 17.1 Å². The second-order valence-electron chi connectivity index (χ2n) is 4.39. The van der Waals surface area contributed by atoms with Gasteiger partial charge < -0.3 is 29.8 Å². The predicted octanol–water partition coefficient (Wildman–Crippen LogP) is -2.64. The maximum Gasteiger partial charge on any atom is 0.428 e. The molecule has 0 radical (unpaired) electrons. The Morgan fingerprint density at radius 2 is 2.05 bits per heavy atom. The summed E-state index contributed by atoms with van der Waals surface area (Å²) in [4.78, 5) is 32.6. The van der Waals surface area contributed by atoms with E-state index in [-0.39, 0.29) is 5.82 Å². The molecule has 1 saturated heterocycles. The van der Waals surface area contributed by atoms with E-state index in [0.29, 0.717) is 0 Å². The highest BCUT2D eigenvalue weighted by Crippen LogP contribution is 2.34. The molecule has 2 rings (SSSR count). The lowest BCUT2D eigenvalue weighted by Gasteiger charge is -2.17. The first-order chi connectivity index (χ1) is 9.73. The number of hydrogen-bond donors (Lipinski definition) is 6. The number of anilines is 1. The number of ether oxygens (including phenoxy) is 1. The molecule has 0 unspecified atom stereocenters. The Morgan fingerprint density at radius 1 is 1.38 bits per heavy atom. The minimum Gasteiger partial charge on any atom is -0.394 e. The molecular formula is C9H14N3O8P. The summed E-state index contributed by atoms with van der Waals surface area (Å²) >= 11 is 0. The van der Waals surface area contributed by atoms with Crippen molar-refractivity contribution >= 4 is 13.6 Å². The van der Waals surface area contributed by atoms with Gasteiger partial charge in [-0.25, -0.2) is 9.36 Å². The van der Waals surface area contributed by atoms with Crippen LogP contribution < -0.4 is 10.8 Å². The molecule has 1 aromatic heterocycles. The average Bonchev–Trinajstić information content (AvgIpc) is 2.65. The van der Waals surface area contributed by atoms with Gasteiger partial charge in [-0.15, -0.1) is 0 Å². The summed E-state index contributed by atoms with van der Waals surface area (Å²) in [6.07, 6.45) is -4.05. The van der Waals surface area contributed by atoms with Gasteiger partial charge in [0.05, 0.1) is 6.61 Å². The van der Waals surface area contributed by atoms with Crippen molar-refractivity contribution in [1.29, 1.82) is 0 Å². The molecule has 0 spiro atoms. The summed E-state index contributed by atoms with van der Waals surface area (Å²) in [6, 6.07) is 1.09. The largest absolute Gasteiger partial charge is 0.428 e. The summed E-state index contributed by atoms with van der Waals surface area (Å²) < 4.78 is 16.7. The molecule has 21 heavy (non-hydrogen) atoms. The molecule has 6 N–H and O–H groups in total. The molecule has 11 nitrogen and oxygen atoms in total. The molecule has 1 aliphatic rings. The SMILES string of the molecule is O=c1nc(NP(=O)(O)O)ccn1[C@@H]1O[C@H](CO)[C@@H](O)[C@H]1O. The Bertz CT molecular complexity index is 615. The minimum atomic E-state index is -4.60. The fourth-order valence-electron chi connectivity index (χ4n) is 1.93. The van der Waals surface area contributed by atoms with Crippen LogP contribution in [0.2, 0.25) is 0 Å². The van der Waals surface area contributed by atoms with Gasteiger partial charge >= 0.3 is 13.4 Å². The zero-order valence-electron chi connectivity index (χ0n) is 10.5. The number of nitrogens with zero attached hydrogens (tertiary/aromatic N) is 2. The fourth-order valence-corrected chi connectivity index (χ4v) is 2.35. The van der Waals surface area contributed by atoms with Crippen LogP contribution in [0.5, 0.6) is 0 Å². The van der Waals surface area contributed by atoms with E-state index in [9.17, 15) is 19.6 Å². The van der Waals surface area contributed by atoms with Crippen LogP contribution in [0.1, 0.15) is 6.23 Å². The van der Waals surface area contributed by atoms with Gasteiger partial charge in [0.1, 0.15) is 24.1 Å². The van der Waals surface area contributed by atoms with Crippen molar-refractivity contribution in [2.45, 2.75) is 24.5 Å². The molecular weight excluding hydrogens is 309 g/mol. The highest BCUT2D eigenvalue weighted by Gasteiger charge is 2.43. The first-order valence-electron chi connectivity index (χ1n) is 5.78. The Morgan fingerprint density at radius 3 is 2.52 bits per heavy atom. The lowest BCUT2D eigenvalue weighted by molar-refractivity contribution is -0.0549. The highest BCUT2D eigenvalue weighted by molar-refractivity contribution is 7.53. The molecule has 12 heteroatoms. The second-order valence-corrected chi connectivity index (χ2v) is 5.70. The zero-order valence-corrected chi connectivity index (χ0v) is 11.4. The number of hydrogen-bond acceptors (Lipinski definition) is 7. The normalized spacial score (nSPS) is 29.6. The molecule has 4 atom stereocenters. The summed E-state index contributed by atoms with van der Waals surface area (Å²) in [5.74, 6) is -0.351. The van der Waals surface area contributed by atoms with Crippen LogP contribution in [0.3, 0.4) is 0 Å². The molecule has 0 amide bonds. The topological polar surface area (TPSA) is 174 Å². The molecule has 1 aliphatic heterocycles. The average molecular weight is 323 g/mol. The molecule has 0 aromatic carbocycles. The van der Waals surface area contributed by atoms with E-state index in [1.165, 1.54) is 0 Å². The van der Waals surface area contributed by atoms with E-state index in [2.05, 4.69) is 4.98 Å². The van der Waals surface area contributed by atoms with Crippen molar-refractivity contribution in [2.75, 3.05) is 11.7 Å². The number of nitrogens with one attached hydrogen (secondary N) is 1. The van der Waals surface area contributed by atoms with Crippen molar-refractivity contribution in [3.63, 3.8) is 0 Å². The van der Waals surface area contributed by atoms with Crippen molar-refractivity contribution in [2.24, 2.45) is 0 Å². The van der Waals surface area contributed by atoms with Crippen LogP contribution in [-0.4, -0.2) is 59.6 Å². The van der Waals surface area contributed by atoms with E-state index in [1.54, 1.807) is 5.09 Å². The first kappa shape index (κ1) is 16.0. The fraction of sp³-hybridized carbons (Fsp3) is 0.556. The van der Waals surface area contributed by atoms with Crippen LogP contribution >= 0.6 is 7.75 Å². The molecule has 2 heterocycles. The first-order valence-corrected chi connectivity index (χ1v) is 7.39. The van der Waals surface area contributed by atoms with Crippen LogP contribution in [-0.2, 0) is 9.30 Å². The Balaban J connectivity index is 2.26. The predicted molar refractivity (Wildman–Crippen MR) is 67.2 cm³/mol. The molecule has 0 saturated carbocycles. The van der Waals surface area contributed by atoms with Crippen LogP contribution in [0.4, 0.5) is 5.82 Å². The quantitative estimate of drug-likeness (QED) is 0.321.